The monoisotopic (exact) mass is 417 g/mol. The van der Waals surface area contributed by atoms with Crippen molar-refractivity contribution in [1.29, 1.82) is 0 Å². The van der Waals surface area contributed by atoms with Gasteiger partial charge < -0.3 is 0 Å². The minimum Gasteiger partial charge on any atom is -0.294 e. The zero-order chi connectivity index (χ0) is 20.1. The summed E-state index contributed by atoms with van der Waals surface area (Å²) < 4.78 is 28.4. The summed E-state index contributed by atoms with van der Waals surface area (Å²) in [6.45, 7) is 3.49. The highest BCUT2D eigenvalue weighted by atomic mass is 32.2. The van der Waals surface area contributed by atoms with Gasteiger partial charge in [-0.05, 0) is 32.0 Å². The van der Waals surface area contributed by atoms with Crippen LogP contribution in [0.2, 0.25) is 0 Å². The largest absolute Gasteiger partial charge is 0.294 e. The van der Waals surface area contributed by atoms with Crippen LogP contribution in [0.1, 0.15) is 17.0 Å². The second-order valence-electron chi connectivity index (χ2n) is 5.91. The van der Waals surface area contributed by atoms with E-state index in [9.17, 15) is 13.2 Å². The van der Waals surface area contributed by atoms with Crippen molar-refractivity contribution in [2.24, 2.45) is 5.10 Å². The van der Waals surface area contributed by atoms with Gasteiger partial charge in [0.05, 0.1) is 17.7 Å². The number of nitrogens with zero attached hydrogens (tertiary/aromatic N) is 3. The first-order valence-electron chi connectivity index (χ1n) is 8.34. The molecule has 8 nitrogen and oxygen atoms in total. The summed E-state index contributed by atoms with van der Waals surface area (Å²) in [4.78, 5) is 16.3. The Labute approximate surface area is 167 Å². The Balaban J connectivity index is 1.59. The topological polar surface area (TPSA) is 105 Å². The van der Waals surface area contributed by atoms with Gasteiger partial charge in [0.2, 0.25) is 10.0 Å². The summed E-state index contributed by atoms with van der Waals surface area (Å²) in [5.41, 5.74) is 5.09. The van der Waals surface area contributed by atoms with Crippen LogP contribution in [0.25, 0.3) is 5.13 Å². The Morgan fingerprint density at radius 3 is 2.71 bits per heavy atom. The van der Waals surface area contributed by atoms with Crippen molar-refractivity contribution in [3.8, 4) is 5.13 Å². The summed E-state index contributed by atoms with van der Waals surface area (Å²) in [5, 5.41) is 6.68. The van der Waals surface area contributed by atoms with Crippen LogP contribution < -0.4 is 10.1 Å². The van der Waals surface area contributed by atoms with Gasteiger partial charge in [-0.3, -0.25) is 9.36 Å². The third-order valence-corrected chi connectivity index (χ3v) is 6.12. The standard InChI is InChI=1S/C18H19N5O3S2/c1-13-10-15(14(2)23(13)18-19-8-9-27-18)11-20-22-17(24)12-21-28(25,26)16-6-4-3-5-7-16/h3-11,21H,12H2,1-2H3,(H,22,24)/b20-11-. The first kappa shape index (κ1) is 19.9. The van der Waals surface area contributed by atoms with Gasteiger partial charge in [-0.2, -0.15) is 5.10 Å². The third kappa shape index (κ3) is 4.53. The van der Waals surface area contributed by atoms with Crippen LogP contribution in [-0.4, -0.2) is 36.6 Å². The van der Waals surface area contributed by atoms with Crippen LogP contribution in [-0.2, 0) is 14.8 Å². The van der Waals surface area contributed by atoms with Crippen molar-refractivity contribution in [3.05, 3.63) is 64.9 Å². The highest BCUT2D eigenvalue weighted by Gasteiger charge is 2.15. The number of amides is 1. The summed E-state index contributed by atoms with van der Waals surface area (Å²) in [6.07, 6.45) is 3.26. The highest BCUT2D eigenvalue weighted by Crippen LogP contribution is 2.21. The van der Waals surface area contributed by atoms with Gasteiger partial charge in [0.25, 0.3) is 5.91 Å². The van der Waals surface area contributed by atoms with E-state index in [4.69, 9.17) is 0 Å². The molecule has 0 radical (unpaired) electrons. The van der Waals surface area contributed by atoms with Crippen molar-refractivity contribution in [2.45, 2.75) is 18.7 Å². The van der Waals surface area contributed by atoms with Crippen molar-refractivity contribution in [1.82, 2.24) is 19.7 Å². The molecule has 0 bridgehead atoms. The van der Waals surface area contributed by atoms with Crippen LogP contribution in [0.4, 0.5) is 0 Å². The maximum absolute atomic E-state index is 12.1. The van der Waals surface area contributed by atoms with Gasteiger partial charge in [-0.15, -0.1) is 11.3 Å². The lowest BCUT2D eigenvalue weighted by Crippen LogP contribution is -2.34. The van der Waals surface area contributed by atoms with E-state index >= 15 is 0 Å². The highest BCUT2D eigenvalue weighted by molar-refractivity contribution is 7.89. The van der Waals surface area contributed by atoms with E-state index in [2.05, 4.69) is 20.2 Å². The van der Waals surface area contributed by atoms with Crippen LogP contribution in [0.15, 0.2) is 58.0 Å². The van der Waals surface area contributed by atoms with Gasteiger partial charge in [-0.25, -0.2) is 23.5 Å². The quantitative estimate of drug-likeness (QED) is 0.453. The number of sulfonamides is 1. The summed E-state index contributed by atoms with van der Waals surface area (Å²) in [5.74, 6) is -0.565. The van der Waals surface area contributed by atoms with Gasteiger partial charge in [0.1, 0.15) is 0 Å². The van der Waals surface area contributed by atoms with E-state index in [0.29, 0.717) is 0 Å². The molecule has 0 spiro atoms. The lowest BCUT2D eigenvalue weighted by molar-refractivity contribution is -0.119. The molecule has 1 aromatic carbocycles. The van der Waals surface area contributed by atoms with E-state index < -0.39 is 22.5 Å². The maximum Gasteiger partial charge on any atom is 0.255 e. The van der Waals surface area contributed by atoms with E-state index in [-0.39, 0.29) is 4.90 Å². The number of carbonyl (C=O) groups is 1. The predicted molar refractivity (Wildman–Crippen MR) is 108 cm³/mol. The molecule has 2 aromatic heterocycles. The second-order valence-corrected chi connectivity index (χ2v) is 8.55. The fourth-order valence-electron chi connectivity index (χ4n) is 2.60. The molecule has 1 amide bonds. The summed E-state index contributed by atoms with van der Waals surface area (Å²) >= 11 is 1.53. The molecular formula is C18H19N5O3S2. The van der Waals surface area contributed by atoms with Crippen molar-refractivity contribution >= 4 is 33.5 Å². The van der Waals surface area contributed by atoms with Gasteiger partial charge in [-0.1, -0.05) is 18.2 Å². The number of nitrogens with one attached hydrogen (secondary N) is 2. The van der Waals surface area contributed by atoms with Gasteiger partial charge >= 0.3 is 0 Å². The zero-order valence-corrected chi connectivity index (χ0v) is 16.9. The SMILES string of the molecule is Cc1cc(/C=N\NC(=O)CNS(=O)(=O)c2ccccc2)c(C)n1-c1nccs1. The molecule has 28 heavy (non-hydrogen) atoms. The van der Waals surface area contributed by atoms with E-state index in [1.54, 1.807) is 24.4 Å². The Bertz CT molecular complexity index is 1090. The molecule has 3 rings (SSSR count). The fourth-order valence-corrected chi connectivity index (χ4v) is 4.35. The minimum absolute atomic E-state index is 0.0981. The van der Waals surface area contributed by atoms with Crippen molar-refractivity contribution in [3.63, 3.8) is 0 Å². The molecule has 3 aromatic rings. The minimum atomic E-state index is -3.74. The molecule has 0 unspecified atom stereocenters. The number of hydrogen-bond acceptors (Lipinski definition) is 6. The van der Waals surface area contributed by atoms with Crippen LogP contribution in [0.5, 0.6) is 0 Å². The first-order chi connectivity index (χ1) is 13.4. The molecule has 146 valence electrons. The molecule has 0 aliphatic carbocycles. The van der Waals surface area contributed by atoms with Gasteiger partial charge in [0, 0.05) is 28.5 Å². The summed E-state index contributed by atoms with van der Waals surface area (Å²) in [7, 11) is -3.74. The first-order valence-corrected chi connectivity index (χ1v) is 10.7. The predicted octanol–water partition coefficient (Wildman–Crippen LogP) is 1.98. The van der Waals surface area contributed by atoms with Crippen molar-refractivity contribution in [2.75, 3.05) is 6.54 Å². The zero-order valence-electron chi connectivity index (χ0n) is 15.3. The molecular weight excluding hydrogens is 398 g/mol. The Morgan fingerprint density at radius 1 is 1.29 bits per heavy atom. The molecule has 0 aliphatic heterocycles. The molecule has 2 heterocycles. The van der Waals surface area contributed by atoms with Crippen molar-refractivity contribution < 1.29 is 13.2 Å². The number of hydrogen-bond donors (Lipinski definition) is 2. The Kier molecular flexibility index (Phi) is 6.02. The normalized spacial score (nSPS) is 11.8. The van der Waals surface area contributed by atoms with E-state index in [0.717, 1.165) is 22.1 Å². The smallest absolute Gasteiger partial charge is 0.255 e. The molecule has 10 heteroatoms. The Morgan fingerprint density at radius 2 is 2.04 bits per heavy atom. The van der Waals surface area contributed by atoms with Crippen LogP contribution >= 0.6 is 11.3 Å². The van der Waals surface area contributed by atoms with Crippen LogP contribution in [0.3, 0.4) is 0 Å². The number of benzene rings is 1. The lowest BCUT2D eigenvalue weighted by Gasteiger charge is -2.05. The average molecular weight is 418 g/mol. The molecule has 0 saturated heterocycles. The number of aryl methyl sites for hydroxylation is 1. The maximum atomic E-state index is 12.1. The lowest BCUT2D eigenvalue weighted by atomic mass is 10.3. The Hall–Kier alpha value is -2.82. The van der Waals surface area contributed by atoms with Crippen LogP contribution in [0, 0.1) is 13.8 Å². The number of hydrazone groups is 1. The van der Waals surface area contributed by atoms with E-state index in [1.165, 1.54) is 29.7 Å². The number of aromatic nitrogens is 2. The molecule has 0 saturated carbocycles. The molecule has 0 atom stereocenters. The van der Waals surface area contributed by atoms with E-state index in [1.807, 2.05) is 29.9 Å². The second kappa shape index (κ2) is 8.46. The average Bonchev–Trinajstić information content (AvgIpc) is 3.29. The molecule has 0 aliphatic rings. The summed E-state index contributed by atoms with van der Waals surface area (Å²) in [6, 6.07) is 9.78. The molecule has 0 fully saturated rings. The number of carbonyl (C=O) groups excluding carboxylic acids is 1. The van der Waals surface area contributed by atoms with Gasteiger partial charge in [0.15, 0.2) is 5.13 Å². The number of thiazole rings is 1. The molecule has 2 N–H and O–H groups in total. The fraction of sp³-hybridized carbons (Fsp3) is 0.167. The number of rotatable bonds is 7. The third-order valence-electron chi connectivity index (χ3n) is 3.95.